The molecule has 0 spiro atoms. The number of aryl methyl sites for hydroxylation is 1. The number of rotatable bonds is 4. The highest BCUT2D eigenvalue weighted by molar-refractivity contribution is 6.14. The summed E-state index contributed by atoms with van der Waals surface area (Å²) in [5.74, 6) is 0.696. The predicted octanol–water partition coefficient (Wildman–Crippen LogP) is 11.1. The molecular weight excluding hydrogens is 585 g/mol. The van der Waals surface area contributed by atoms with E-state index in [-0.39, 0.29) is 0 Å². The van der Waals surface area contributed by atoms with E-state index in [4.69, 9.17) is 9.97 Å². The smallest absolute Gasteiger partial charge is 0.235 e. The van der Waals surface area contributed by atoms with E-state index in [0.29, 0.717) is 5.95 Å². The Balaban J connectivity index is 1.29. The van der Waals surface area contributed by atoms with Gasteiger partial charge in [-0.25, -0.2) is 9.97 Å². The summed E-state index contributed by atoms with van der Waals surface area (Å²) in [6.45, 7) is 3.17. The number of hydrogen-bond acceptors (Lipinski definition) is 2. The van der Waals surface area contributed by atoms with Crippen LogP contribution in [0, 0.1) is 0 Å². The van der Waals surface area contributed by atoms with Crippen molar-refractivity contribution in [1.82, 2.24) is 19.1 Å². The summed E-state index contributed by atoms with van der Waals surface area (Å²) in [7, 11) is 0. The molecule has 0 unspecified atom stereocenters. The van der Waals surface area contributed by atoms with E-state index in [1.165, 1.54) is 60.3 Å². The molecule has 0 saturated carbocycles. The van der Waals surface area contributed by atoms with E-state index in [1.807, 2.05) is 0 Å². The Labute approximate surface area is 278 Å². The van der Waals surface area contributed by atoms with Crippen molar-refractivity contribution < 1.29 is 0 Å². The van der Waals surface area contributed by atoms with Gasteiger partial charge >= 0.3 is 0 Å². The molecule has 0 aliphatic heterocycles. The number of nitrogens with zero attached hydrogens (tertiary/aromatic N) is 4. The second kappa shape index (κ2) is 10.5. The van der Waals surface area contributed by atoms with Gasteiger partial charge in [0, 0.05) is 55.6 Å². The fraction of sp³-hybridized carbons (Fsp3) is 0.0909. The van der Waals surface area contributed by atoms with Crippen molar-refractivity contribution >= 4 is 60.6 Å². The molecule has 3 heterocycles. The molecule has 1 aliphatic carbocycles. The number of aromatic nitrogens is 4. The largest absolute Gasteiger partial charge is 0.341 e. The Bertz CT molecular complexity index is 2760. The highest BCUT2D eigenvalue weighted by atomic mass is 15.2. The van der Waals surface area contributed by atoms with Crippen LogP contribution in [0.3, 0.4) is 0 Å². The topological polar surface area (TPSA) is 35.6 Å². The zero-order chi connectivity index (χ0) is 31.8. The molecule has 0 amide bonds. The third-order valence-electron chi connectivity index (χ3n) is 10.2. The molecule has 1 aliphatic rings. The van der Waals surface area contributed by atoms with Crippen LogP contribution >= 0.6 is 0 Å². The minimum Gasteiger partial charge on any atom is -0.341 e. The van der Waals surface area contributed by atoms with Crippen molar-refractivity contribution in [2.75, 3.05) is 0 Å². The Morgan fingerprint density at radius 3 is 2.15 bits per heavy atom. The molecule has 0 bridgehead atoms. The van der Waals surface area contributed by atoms with Crippen molar-refractivity contribution in [3.05, 3.63) is 145 Å². The van der Waals surface area contributed by atoms with E-state index in [0.717, 1.165) is 47.1 Å². The van der Waals surface area contributed by atoms with Gasteiger partial charge in [0.05, 0.1) is 22.2 Å². The summed E-state index contributed by atoms with van der Waals surface area (Å²) in [5, 5.41) is 6.11. The molecule has 4 nitrogen and oxygen atoms in total. The highest BCUT2D eigenvalue weighted by Gasteiger charge is 2.24. The van der Waals surface area contributed by atoms with Crippen LogP contribution in [0.1, 0.15) is 24.5 Å². The second-order valence-corrected chi connectivity index (χ2v) is 12.8. The first-order chi connectivity index (χ1) is 23.8. The molecule has 0 N–H and O–H groups in total. The van der Waals surface area contributed by atoms with Crippen LogP contribution in [0.4, 0.5) is 0 Å². The van der Waals surface area contributed by atoms with Crippen LogP contribution in [0.25, 0.3) is 88.9 Å². The summed E-state index contributed by atoms with van der Waals surface area (Å²) >= 11 is 0. The molecule has 10 rings (SSSR count). The van der Waals surface area contributed by atoms with Gasteiger partial charge in [0.15, 0.2) is 0 Å². The standard InChI is InChI=1S/C44H32N4/c1-2-47-39-22-12-9-17-31(39)33-25-24-29(26-41(33)47)36-27-37-32-18-10-13-23-40(32)48(43(37)34-19-7-6-16-30(34)36)44-45-38-21-11-8-20-35(38)42(46-44)28-14-4-3-5-15-28/h3-5,7-15,17-27H,2,6,16H2,1H3. The third-order valence-corrected chi connectivity index (χ3v) is 10.2. The molecule has 3 aromatic heterocycles. The maximum atomic E-state index is 5.34. The van der Waals surface area contributed by atoms with Crippen LogP contribution in [0.5, 0.6) is 0 Å². The van der Waals surface area contributed by atoms with E-state index in [1.54, 1.807) is 0 Å². The van der Waals surface area contributed by atoms with Crippen molar-refractivity contribution in [1.29, 1.82) is 0 Å². The van der Waals surface area contributed by atoms with Gasteiger partial charge in [0.1, 0.15) is 0 Å². The molecule has 228 valence electrons. The molecule has 48 heavy (non-hydrogen) atoms. The lowest BCUT2D eigenvalue weighted by atomic mass is 9.87. The van der Waals surface area contributed by atoms with Gasteiger partial charge in [-0.15, -0.1) is 0 Å². The molecule has 0 saturated heterocycles. The lowest BCUT2D eigenvalue weighted by Gasteiger charge is -2.19. The summed E-state index contributed by atoms with van der Waals surface area (Å²) in [6, 6.07) is 45.8. The van der Waals surface area contributed by atoms with Gasteiger partial charge in [0.25, 0.3) is 0 Å². The van der Waals surface area contributed by atoms with Crippen LogP contribution in [-0.2, 0) is 13.0 Å². The van der Waals surface area contributed by atoms with Crippen molar-refractivity contribution in [2.24, 2.45) is 0 Å². The maximum absolute atomic E-state index is 5.34. The van der Waals surface area contributed by atoms with Gasteiger partial charge in [-0.05, 0) is 66.8 Å². The van der Waals surface area contributed by atoms with Crippen LogP contribution in [-0.4, -0.2) is 19.1 Å². The predicted molar refractivity (Wildman–Crippen MR) is 201 cm³/mol. The molecular formula is C44H32N4. The number of hydrogen-bond donors (Lipinski definition) is 0. The van der Waals surface area contributed by atoms with Gasteiger partial charge in [0.2, 0.25) is 5.95 Å². The first-order valence-corrected chi connectivity index (χ1v) is 16.9. The van der Waals surface area contributed by atoms with Gasteiger partial charge in [-0.3, -0.25) is 4.57 Å². The van der Waals surface area contributed by atoms with Crippen LogP contribution in [0.15, 0.2) is 133 Å². The molecule has 0 radical (unpaired) electrons. The summed E-state index contributed by atoms with van der Waals surface area (Å²) in [6.07, 6.45) is 6.66. The zero-order valence-electron chi connectivity index (χ0n) is 26.7. The van der Waals surface area contributed by atoms with Gasteiger partial charge in [-0.2, -0.15) is 0 Å². The Morgan fingerprint density at radius 2 is 1.31 bits per heavy atom. The quantitative estimate of drug-likeness (QED) is 0.197. The first-order valence-electron chi connectivity index (χ1n) is 16.9. The number of fused-ring (bicyclic) bond motifs is 9. The van der Waals surface area contributed by atoms with Crippen molar-refractivity contribution in [2.45, 2.75) is 26.3 Å². The molecule has 6 aromatic carbocycles. The van der Waals surface area contributed by atoms with E-state index >= 15 is 0 Å². The monoisotopic (exact) mass is 616 g/mol. The molecule has 4 heteroatoms. The summed E-state index contributed by atoms with van der Waals surface area (Å²) in [4.78, 5) is 10.6. The number of para-hydroxylation sites is 3. The molecule has 0 fully saturated rings. The average Bonchev–Trinajstić information content (AvgIpc) is 3.66. The third kappa shape index (κ3) is 3.89. The molecule has 9 aromatic rings. The minimum absolute atomic E-state index is 0.696. The lowest BCUT2D eigenvalue weighted by Crippen LogP contribution is -2.06. The second-order valence-electron chi connectivity index (χ2n) is 12.8. The summed E-state index contributed by atoms with van der Waals surface area (Å²) < 4.78 is 4.76. The Morgan fingerprint density at radius 1 is 0.604 bits per heavy atom. The molecule has 0 atom stereocenters. The number of allylic oxidation sites excluding steroid dienone is 1. The van der Waals surface area contributed by atoms with Gasteiger partial charge < -0.3 is 4.57 Å². The van der Waals surface area contributed by atoms with Crippen LogP contribution in [0.2, 0.25) is 0 Å². The minimum atomic E-state index is 0.696. The normalized spacial score (nSPS) is 12.9. The zero-order valence-corrected chi connectivity index (χ0v) is 26.7. The van der Waals surface area contributed by atoms with Crippen LogP contribution < -0.4 is 0 Å². The average molecular weight is 617 g/mol. The SMILES string of the molecule is CCn1c2ccccc2c2ccc(-c3cc4c5ccccc5n(-c5nc(-c6ccccc6)c6ccccc6n5)c4c4c3CCC=C4)cc21. The van der Waals surface area contributed by atoms with E-state index < -0.39 is 0 Å². The fourth-order valence-electron chi connectivity index (χ4n) is 8.08. The first kappa shape index (κ1) is 27.1. The van der Waals surface area contributed by atoms with E-state index in [9.17, 15) is 0 Å². The van der Waals surface area contributed by atoms with Crippen molar-refractivity contribution in [3.8, 4) is 28.3 Å². The summed E-state index contributed by atoms with van der Waals surface area (Å²) in [5.41, 5.74) is 13.1. The lowest BCUT2D eigenvalue weighted by molar-refractivity contribution is 0.827. The van der Waals surface area contributed by atoms with Crippen molar-refractivity contribution in [3.63, 3.8) is 0 Å². The van der Waals surface area contributed by atoms with Gasteiger partial charge in [-0.1, -0.05) is 109 Å². The Kier molecular flexibility index (Phi) is 5.94. The maximum Gasteiger partial charge on any atom is 0.235 e. The highest BCUT2D eigenvalue weighted by Crippen LogP contribution is 2.43. The Hall–Kier alpha value is -6.00. The number of benzene rings is 6. The van der Waals surface area contributed by atoms with E-state index in [2.05, 4.69) is 156 Å². The fourth-order valence-corrected chi connectivity index (χ4v) is 8.08.